The largest absolute Gasteiger partial charge is 0.377 e. The normalized spacial score (nSPS) is 18.3. The molecular formula is C16H22N4O2S. The highest BCUT2D eigenvalue weighted by Gasteiger charge is 2.30. The Morgan fingerprint density at radius 2 is 2.39 bits per heavy atom. The summed E-state index contributed by atoms with van der Waals surface area (Å²) < 4.78 is 5.50. The smallest absolute Gasteiger partial charge is 0.223 e. The van der Waals surface area contributed by atoms with Crippen LogP contribution in [0.2, 0.25) is 0 Å². The number of rotatable bonds is 5. The van der Waals surface area contributed by atoms with Gasteiger partial charge in [0.05, 0.1) is 13.2 Å². The molecule has 0 unspecified atom stereocenters. The lowest BCUT2D eigenvalue weighted by Gasteiger charge is -2.34. The second-order valence-electron chi connectivity index (χ2n) is 5.84. The number of thiophene rings is 1. The van der Waals surface area contributed by atoms with Crippen LogP contribution in [0.4, 0.5) is 0 Å². The molecule has 0 bridgehead atoms. The Morgan fingerprint density at radius 3 is 3.09 bits per heavy atom. The van der Waals surface area contributed by atoms with Crippen LogP contribution in [-0.4, -0.2) is 45.7 Å². The van der Waals surface area contributed by atoms with E-state index in [0.29, 0.717) is 32.0 Å². The fourth-order valence-electron chi connectivity index (χ4n) is 3.01. The predicted molar refractivity (Wildman–Crippen MR) is 88.4 cm³/mol. The third kappa shape index (κ3) is 3.79. The van der Waals surface area contributed by atoms with Gasteiger partial charge in [0, 0.05) is 22.7 Å². The van der Waals surface area contributed by atoms with Gasteiger partial charge in [-0.25, -0.2) is 4.98 Å². The molecule has 1 fully saturated rings. The van der Waals surface area contributed by atoms with Crippen molar-refractivity contribution in [1.29, 1.82) is 0 Å². The average molecular weight is 334 g/mol. The van der Waals surface area contributed by atoms with Crippen LogP contribution in [0.25, 0.3) is 0 Å². The summed E-state index contributed by atoms with van der Waals surface area (Å²) in [6.07, 6.45) is 3.85. The molecule has 1 aliphatic heterocycles. The lowest BCUT2D eigenvalue weighted by molar-refractivity contribution is -0.140. The fourth-order valence-corrected chi connectivity index (χ4v) is 3.99. The molecule has 3 heterocycles. The van der Waals surface area contributed by atoms with Gasteiger partial charge in [0.2, 0.25) is 5.91 Å². The maximum Gasteiger partial charge on any atom is 0.223 e. The van der Waals surface area contributed by atoms with Gasteiger partial charge in [-0.05, 0) is 38.3 Å². The number of aromatic amines is 1. The number of carbonyl (C=O) groups excluding carboxylic acids is 1. The van der Waals surface area contributed by atoms with E-state index >= 15 is 0 Å². The van der Waals surface area contributed by atoms with E-state index in [1.807, 2.05) is 16.2 Å². The number of ether oxygens (including phenoxy) is 1. The maximum atomic E-state index is 12.6. The zero-order valence-electron chi connectivity index (χ0n) is 13.5. The number of aromatic nitrogens is 3. The molecule has 2 aromatic rings. The van der Waals surface area contributed by atoms with E-state index in [1.165, 1.54) is 21.6 Å². The first-order valence-electron chi connectivity index (χ1n) is 7.93. The van der Waals surface area contributed by atoms with Crippen molar-refractivity contribution in [2.75, 3.05) is 19.8 Å². The molecule has 1 saturated heterocycles. The molecule has 0 aromatic carbocycles. The van der Waals surface area contributed by atoms with Crippen molar-refractivity contribution in [3.05, 3.63) is 33.5 Å². The van der Waals surface area contributed by atoms with Crippen LogP contribution in [0.1, 0.15) is 40.0 Å². The first-order valence-corrected chi connectivity index (χ1v) is 8.75. The van der Waals surface area contributed by atoms with Crippen LogP contribution in [0, 0.1) is 13.8 Å². The number of H-pyrrole nitrogens is 1. The van der Waals surface area contributed by atoms with Gasteiger partial charge >= 0.3 is 0 Å². The number of hydrogen-bond acceptors (Lipinski definition) is 5. The summed E-state index contributed by atoms with van der Waals surface area (Å²) in [5.41, 5.74) is 1.37. The Balaban J connectivity index is 1.57. The van der Waals surface area contributed by atoms with Crippen LogP contribution in [-0.2, 0) is 16.0 Å². The van der Waals surface area contributed by atoms with E-state index < -0.39 is 0 Å². The number of carbonyl (C=O) groups is 1. The molecule has 0 aliphatic carbocycles. The standard InChI is InChI=1S/C16H22N4O2S/c1-11-8-13(12(2)23-11)4-3-5-15(21)20-6-7-22-9-14(20)16-17-10-18-19-16/h8,10,14H,3-7,9H2,1-2H3,(H,17,18,19)/t14-/m0/s1. The quantitative estimate of drug-likeness (QED) is 0.911. The lowest BCUT2D eigenvalue weighted by Crippen LogP contribution is -2.43. The molecule has 1 N–H and O–H groups in total. The predicted octanol–water partition coefficient (Wildman–Crippen LogP) is 2.41. The molecule has 23 heavy (non-hydrogen) atoms. The Morgan fingerprint density at radius 1 is 1.52 bits per heavy atom. The Kier molecular flexibility index (Phi) is 5.07. The molecule has 124 valence electrons. The zero-order valence-corrected chi connectivity index (χ0v) is 14.4. The van der Waals surface area contributed by atoms with Crippen molar-refractivity contribution in [3.8, 4) is 0 Å². The van der Waals surface area contributed by atoms with Crippen LogP contribution in [0.5, 0.6) is 0 Å². The van der Waals surface area contributed by atoms with Gasteiger partial charge in [-0.15, -0.1) is 11.3 Å². The van der Waals surface area contributed by atoms with E-state index in [9.17, 15) is 4.79 Å². The second kappa shape index (κ2) is 7.23. The molecule has 0 saturated carbocycles. The first kappa shape index (κ1) is 16.1. The Labute approximate surface area is 139 Å². The van der Waals surface area contributed by atoms with Gasteiger partial charge in [0.15, 0.2) is 0 Å². The van der Waals surface area contributed by atoms with Gasteiger partial charge in [-0.1, -0.05) is 0 Å². The molecular weight excluding hydrogens is 312 g/mol. The van der Waals surface area contributed by atoms with Crippen molar-refractivity contribution >= 4 is 17.2 Å². The summed E-state index contributed by atoms with van der Waals surface area (Å²) in [7, 11) is 0. The van der Waals surface area contributed by atoms with Crippen molar-refractivity contribution in [2.24, 2.45) is 0 Å². The van der Waals surface area contributed by atoms with Gasteiger partial charge in [-0.2, -0.15) is 5.10 Å². The first-order chi connectivity index (χ1) is 11.1. The summed E-state index contributed by atoms with van der Waals surface area (Å²) in [6.45, 7) is 5.95. The van der Waals surface area contributed by atoms with Gasteiger partial charge in [0.25, 0.3) is 0 Å². The van der Waals surface area contributed by atoms with E-state index in [0.717, 1.165) is 12.8 Å². The van der Waals surface area contributed by atoms with Crippen molar-refractivity contribution in [2.45, 2.75) is 39.2 Å². The SMILES string of the molecule is Cc1cc(CCCC(=O)N2CCOC[C@H]2c2ncn[nH]2)c(C)s1. The summed E-state index contributed by atoms with van der Waals surface area (Å²) in [5.74, 6) is 0.863. The lowest BCUT2D eigenvalue weighted by atomic mass is 10.1. The molecule has 1 amide bonds. The third-order valence-corrected chi connectivity index (χ3v) is 5.19. The van der Waals surface area contributed by atoms with E-state index in [-0.39, 0.29) is 11.9 Å². The molecule has 1 aliphatic rings. The molecule has 0 radical (unpaired) electrons. The van der Waals surface area contributed by atoms with E-state index in [1.54, 1.807) is 0 Å². The van der Waals surface area contributed by atoms with Gasteiger partial charge in [-0.3, -0.25) is 9.89 Å². The fraction of sp³-hybridized carbons (Fsp3) is 0.562. The molecule has 7 heteroatoms. The number of morpholine rings is 1. The number of aryl methyl sites for hydroxylation is 3. The van der Waals surface area contributed by atoms with E-state index in [4.69, 9.17) is 4.74 Å². The van der Waals surface area contributed by atoms with Crippen LogP contribution < -0.4 is 0 Å². The Hall–Kier alpha value is -1.73. The molecule has 1 atom stereocenters. The summed E-state index contributed by atoms with van der Waals surface area (Å²) in [4.78, 5) is 21.3. The maximum absolute atomic E-state index is 12.6. The van der Waals surface area contributed by atoms with Crippen molar-refractivity contribution in [1.82, 2.24) is 20.1 Å². The minimum absolute atomic E-state index is 0.149. The second-order valence-corrected chi connectivity index (χ2v) is 7.30. The Bertz CT molecular complexity index is 653. The van der Waals surface area contributed by atoms with Gasteiger partial charge < -0.3 is 9.64 Å². The summed E-state index contributed by atoms with van der Waals surface area (Å²) in [6, 6.07) is 2.08. The number of amides is 1. The van der Waals surface area contributed by atoms with Crippen molar-refractivity contribution in [3.63, 3.8) is 0 Å². The average Bonchev–Trinajstić information content (AvgIpc) is 3.17. The highest BCUT2D eigenvalue weighted by Crippen LogP contribution is 2.24. The van der Waals surface area contributed by atoms with Crippen LogP contribution in [0.15, 0.2) is 12.4 Å². The number of nitrogens with one attached hydrogen (secondary N) is 1. The summed E-state index contributed by atoms with van der Waals surface area (Å²) >= 11 is 1.82. The highest BCUT2D eigenvalue weighted by atomic mass is 32.1. The van der Waals surface area contributed by atoms with Crippen molar-refractivity contribution < 1.29 is 9.53 Å². The number of nitrogens with zero attached hydrogens (tertiary/aromatic N) is 3. The number of hydrogen-bond donors (Lipinski definition) is 1. The topological polar surface area (TPSA) is 71.1 Å². The molecule has 2 aromatic heterocycles. The summed E-state index contributed by atoms with van der Waals surface area (Å²) in [5, 5.41) is 6.73. The van der Waals surface area contributed by atoms with Gasteiger partial charge in [0.1, 0.15) is 18.2 Å². The zero-order chi connectivity index (χ0) is 16.2. The molecule has 6 nitrogen and oxygen atoms in total. The minimum atomic E-state index is -0.149. The molecule has 3 rings (SSSR count). The van der Waals surface area contributed by atoms with Crippen LogP contribution >= 0.6 is 11.3 Å². The third-order valence-electron chi connectivity index (χ3n) is 4.18. The van der Waals surface area contributed by atoms with E-state index in [2.05, 4.69) is 35.1 Å². The van der Waals surface area contributed by atoms with Crippen LogP contribution in [0.3, 0.4) is 0 Å². The minimum Gasteiger partial charge on any atom is -0.377 e. The molecule has 0 spiro atoms. The monoisotopic (exact) mass is 334 g/mol. The highest BCUT2D eigenvalue weighted by molar-refractivity contribution is 7.12.